The summed E-state index contributed by atoms with van der Waals surface area (Å²) >= 11 is 0. The Morgan fingerprint density at radius 2 is 2.00 bits per heavy atom. The summed E-state index contributed by atoms with van der Waals surface area (Å²) in [5.41, 5.74) is 2.79. The number of anilines is 1. The number of nitrogens with zero attached hydrogens (tertiary/aromatic N) is 2. The summed E-state index contributed by atoms with van der Waals surface area (Å²) in [6.45, 7) is 0.357. The summed E-state index contributed by atoms with van der Waals surface area (Å²) in [5.74, 6) is -0.299. The van der Waals surface area contributed by atoms with E-state index >= 15 is 0 Å². The van der Waals surface area contributed by atoms with E-state index in [0.717, 1.165) is 11.1 Å². The first-order valence-electron chi connectivity index (χ1n) is 7.59. The fraction of sp³-hybridized carbons (Fsp3) is 0.118. The minimum atomic E-state index is -0.498. The predicted octanol–water partition coefficient (Wildman–Crippen LogP) is 2.85. The smallest absolute Gasteiger partial charge is 0.407 e. The van der Waals surface area contributed by atoms with E-state index in [0.29, 0.717) is 29.9 Å². The second kappa shape index (κ2) is 6.23. The van der Waals surface area contributed by atoms with Crippen LogP contribution in [-0.2, 0) is 13.0 Å². The largest absolute Gasteiger partial charge is 0.417 e. The molecule has 4 rings (SSSR count). The molecule has 2 heterocycles. The van der Waals surface area contributed by atoms with Crippen molar-refractivity contribution in [3.63, 3.8) is 0 Å². The predicted molar refractivity (Wildman–Crippen MR) is 87.7 cm³/mol. The maximum Gasteiger partial charge on any atom is 0.417 e. The number of hydrogen-bond acceptors (Lipinski definition) is 6. The molecule has 0 saturated heterocycles. The lowest BCUT2D eigenvalue weighted by molar-refractivity contribution is 0.423. The van der Waals surface area contributed by atoms with Crippen LogP contribution in [0.5, 0.6) is 0 Å². The molecule has 126 valence electrons. The third-order valence-electron chi connectivity index (χ3n) is 3.70. The molecule has 0 bridgehead atoms. The third-order valence-corrected chi connectivity index (χ3v) is 3.70. The van der Waals surface area contributed by atoms with Crippen LogP contribution in [0, 0.1) is 5.82 Å². The molecule has 0 atom stereocenters. The Morgan fingerprint density at radius 1 is 1.16 bits per heavy atom. The Hall–Kier alpha value is -3.42. The number of benzene rings is 2. The zero-order valence-electron chi connectivity index (χ0n) is 13.0. The summed E-state index contributed by atoms with van der Waals surface area (Å²) in [6.07, 6.45) is 0.438. The van der Waals surface area contributed by atoms with Gasteiger partial charge in [0.2, 0.25) is 0 Å². The van der Waals surface area contributed by atoms with Gasteiger partial charge < -0.3 is 14.3 Å². The van der Waals surface area contributed by atoms with Crippen molar-refractivity contribution in [1.82, 2.24) is 15.1 Å². The minimum Gasteiger partial charge on any atom is -0.407 e. The zero-order valence-corrected chi connectivity index (χ0v) is 13.0. The molecule has 25 heavy (non-hydrogen) atoms. The highest BCUT2D eigenvalue weighted by Crippen LogP contribution is 2.17. The van der Waals surface area contributed by atoms with Crippen molar-refractivity contribution >= 4 is 17.1 Å². The number of hydrogen-bond donors (Lipinski definition) is 2. The molecule has 0 amide bonds. The zero-order chi connectivity index (χ0) is 17.2. The Kier molecular flexibility index (Phi) is 3.77. The van der Waals surface area contributed by atoms with Crippen LogP contribution in [0.25, 0.3) is 11.1 Å². The van der Waals surface area contributed by atoms with Crippen molar-refractivity contribution in [3.8, 4) is 0 Å². The molecule has 2 aromatic carbocycles. The molecule has 0 unspecified atom stereocenters. The molecule has 2 N–H and O–H groups in total. The van der Waals surface area contributed by atoms with Gasteiger partial charge >= 0.3 is 11.8 Å². The van der Waals surface area contributed by atoms with E-state index in [1.807, 2.05) is 12.1 Å². The summed E-state index contributed by atoms with van der Waals surface area (Å²) in [4.78, 5) is 18.2. The monoisotopic (exact) mass is 340 g/mol. The average molecular weight is 340 g/mol. The van der Waals surface area contributed by atoms with Gasteiger partial charge in [-0.2, -0.15) is 4.98 Å². The first-order chi connectivity index (χ1) is 12.2. The average Bonchev–Trinajstić information content (AvgIpc) is 3.20. The van der Waals surface area contributed by atoms with E-state index in [-0.39, 0.29) is 11.8 Å². The standard InChI is InChI=1S/C17H13FN4O3/c18-12-6-4-10(5-7-12)8-14-21-16(25-22-14)19-9-11-2-1-3-13-15(11)24-17(23)20-13/h1-7H,8-9H2,(H,20,23)(H,19,21,22). The summed E-state index contributed by atoms with van der Waals surface area (Å²) < 4.78 is 23.2. The molecule has 0 radical (unpaired) electrons. The van der Waals surface area contributed by atoms with Crippen molar-refractivity contribution in [2.45, 2.75) is 13.0 Å². The molecule has 0 aliphatic carbocycles. The van der Waals surface area contributed by atoms with Crippen LogP contribution < -0.4 is 11.1 Å². The SMILES string of the molecule is O=c1[nH]c2cccc(CNc3nc(Cc4ccc(F)cc4)no3)c2o1. The first-order valence-corrected chi connectivity index (χ1v) is 7.59. The quantitative estimate of drug-likeness (QED) is 0.580. The topological polar surface area (TPSA) is 97.0 Å². The van der Waals surface area contributed by atoms with E-state index in [1.54, 1.807) is 18.2 Å². The number of para-hydroxylation sites is 1. The fourth-order valence-electron chi connectivity index (χ4n) is 2.52. The second-order valence-corrected chi connectivity index (χ2v) is 5.48. The number of aromatic amines is 1. The van der Waals surface area contributed by atoms with Gasteiger partial charge in [-0.15, -0.1) is 0 Å². The van der Waals surface area contributed by atoms with E-state index in [2.05, 4.69) is 20.4 Å². The Balaban J connectivity index is 1.45. The molecule has 0 spiro atoms. The van der Waals surface area contributed by atoms with Crippen molar-refractivity contribution in [2.24, 2.45) is 0 Å². The van der Waals surface area contributed by atoms with Crippen LogP contribution in [0.1, 0.15) is 17.0 Å². The third kappa shape index (κ3) is 3.27. The number of rotatable bonds is 5. The molecule has 0 aliphatic rings. The van der Waals surface area contributed by atoms with Gasteiger partial charge in [0.1, 0.15) is 5.82 Å². The molecule has 0 saturated carbocycles. The van der Waals surface area contributed by atoms with Crippen LogP contribution in [0.2, 0.25) is 0 Å². The molecule has 7 nitrogen and oxygen atoms in total. The Bertz CT molecular complexity index is 1070. The summed E-state index contributed by atoms with van der Waals surface area (Å²) in [6, 6.07) is 11.8. The van der Waals surface area contributed by atoms with Crippen molar-refractivity contribution < 1.29 is 13.3 Å². The van der Waals surface area contributed by atoms with Gasteiger partial charge in [-0.25, -0.2) is 9.18 Å². The van der Waals surface area contributed by atoms with Crippen LogP contribution in [0.4, 0.5) is 10.4 Å². The number of halogens is 1. The van der Waals surface area contributed by atoms with E-state index < -0.39 is 5.76 Å². The van der Waals surface area contributed by atoms with Crippen molar-refractivity contribution in [2.75, 3.05) is 5.32 Å². The van der Waals surface area contributed by atoms with E-state index in [4.69, 9.17) is 8.94 Å². The second-order valence-electron chi connectivity index (χ2n) is 5.48. The van der Waals surface area contributed by atoms with Crippen molar-refractivity contribution in [3.05, 3.63) is 75.8 Å². The number of aromatic nitrogens is 3. The van der Waals surface area contributed by atoms with Gasteiger partial charge in [0.05, 0.1) is 5.52 Å². The van der Waals surface area contributed by atoms with Crippen LogP contribution >= 0.6 is 0 Å². The van der Waals surface area contributed by atoms with Crippen LogP contribution in [0.3, 0.4) is 0 Å². The summed E-state index contributed by atoms with van der Waals surface area (Å²) in [7, 11) is 0. The lowest BCUT2D eigenvalue weighted by Crippen LogP contribution is -2.00. The number of H-pyrrole nitrogens is 1. The lowest BCUT2D eigenvalue weighted by atomic mass is 10.1. The number of oxazole rings is 1. The van der Waals surface area contributed by atoms with Crippen LogP contribution in [0.15, 0.2) is 56.2 Å². The van der Waals surface area contributed by atoms with Gasteiger partial charge in [0, 0.05) is 18.5 Å². The molecular formula is C17H13FN4O3. The highest BCUT2D eigenvalue weighted by molar-refractivity contribution is 5.75. The fourth-order valence-corrected chi connectivity index (χ4v) is 2.52. The normalized spacial score (nSPS) is 11.1. The number of fused-ring (bicyclic) bond motifs is 1. The molecule has 0 aliphatic heterocycles. The maximum absolute atomic E-state index is 12.9. The number of nitrogens with one attached hydrogen (secondary N) is 2. The van der Waals surface area contributed by atoms with Gasteiger partial charge in [0.15, 0.2) is 11.4 Å². The van der Waals surface area contributed by atoms with Gasteiger partial charge in [-0.1, -0.05) is 29.4 Å². The summed E-state index contributed by atoms with van der Waals surface area (Å²) in [5, 5.41) is 6.89. The molecule has 2 aromatic heterocycles. The lowest BCUT2D eigenvalue weighted by Gasteiger charge is -2.01. The highest BCUT2D eigenvalue weighted by atomic mass is 19.1. The molecule has 0 fully saturated rings. The van der Waals surface area contributed by atoms with Crippen molar-refractivity contribution in [1.29, 1.82) is 0 Å². The highest BCUT2D eigenvalue weighted by Gasteiger charge is 2.10. The van der Waals surface area contributed by atoms with E-state index in [9.17, 15) is 9.18 Å². The van der Waals surface area contributed by atoms with Crippen LogP contribution in [-0.4, -0.2) is 15.1 Å². The first kappa shape index (κ1) is 15.1. The molecule has 8 heteroatoms. The molecular weight excluding hydrogens is 327 g/mol. The van der Waals surface area contributed by atoms with Gasteiger partial charge in [0.25, 0.3) is 0 Å². The maximum atomic E-state index is 12.9. The minimum absolute atomic E-state index is 0.256. The Morgan fingerprint density at radius 3 is 2.84 bits per heavy atom. The van der Waals surface area contributed by atoms with Gasteiger partial charge in [-0.3, -0.25) is 4.98 Å². The van der Waals surface area contributed by atoms with Gasteiger partial charge in [-0.05, 0) is 23.8 Å². The van der Waals surface area contributed by atoms with E-state index in [1.165, 1.54) is 12.1 Å². The Labute approximate surface area is 140 Å². The molecule has 4 aromatic rings.